The lowest BCUT2D eigenvalue weighted by molar-refractivity contribution is 0.177. The number of hydrogen-bond acceptors (Lipinski definition) is 2. The van der Waals surface area contributed by atoms with Gasteiger partial charge >= 0.3 is 0 Å². The minimum absolute atomic E-state index is 0.472. The Morgan fingerprint density at radius 2 is 2.16 bits per heavy atom. The Balaban J connectivity index is 2.08. The Morgan fingerprint density at radius 3 is 2.74 bits per heavy atom. The quantitative estimate of drug-likeness (QED) is 0.837. The highest BCUT2D eigenvalue weighted by Crippen LogP contribution is 2.40. The molecule has 1 aliphatic rings. The maximum absolute atomic E-state index is 8.88. The van der Waals surface area contributed by atoms with Crippen LogP contribution in [0.4, 0.5) is 5.69 Å². The van der Waals surface area contributed by atoms with Crippen LogP contribution in [-0.2, 0) is 0 Å². The van der Waals surface area contributed by atoms with E-state index in [0.29, 0.717) is 22.9 Å². The van der Waals surface area contributed by atoms with Gasteiger partial charge in [0.25, 0.3) is 0 Å². The van der Waals surface area contributed by atoms with E-state index in [1.807, 2.05) is 18.2 Å². The third kappa shape index (κ3) is 3.51. The smallest absolute Gasteiger partial charge is 0.0992 e. The molecule has 0 heterocycles. The second-order valence-corrected chi connectivity index (χ2v) is 7.30. The van der Waals surface area contributed by atoms with Crippen LogP contribution in [0, 0.1) is 22.7 Å². The van der Waals surface area contributed by atoms with Crippen LogP contribution in [0.1, 0.15) is 45.6 Å². The van der Waals surface area contributed by atoms with Crippen molar-refractivity contribution >= 4 is 21.6 Å². The number of hydrogen-bond donors (Lipinski definition) is 1. The number of nitrogens with one attached hydrogen (secondary N) is 1. The molecule has 1 aliphatic carbocycles. The standard InChI is InChI=1S/C16H21BrN2/c1-11-9-16(2,3)7-6-14(11)19-15-5-4-12(10-18)8-13(15)17/h4-5,8,11,14,19H,6-7,9H2,1-3H3. The number of nitriles is 1. The predicted octanol–water partition coefficient (Wildman–Crippen LogP) is 4.95. The first-order valence-electron chi connectivity index (χ1n) is 6.87. The molecule has 1 saturated carbocycles. The molecule has 2 nitrogen and oxygen atoms in total. The van der Waals surface area contributed by atoms with Crippen LogP contribution in [0.2, 0.25) is 0 Å². The molecular formula is C16H21BrN2. The maximum Gasteiger partial charge on any atom is 0.0992 e. The van der Waals surface area contributed by atoms with Crippen LogP contribution in [0.3, 0.4) is 0 Å². The largest absolute Gasteiger partial charge is 0.381 e. The lowest BCUT2D eigenvalue weighted by atomic mass is 9.70. The molecule has 0 aromatic heterocycles. The highest BCUT2D eigenvalue weighted by Gasteiger charge is 2.32. The molecule has 1 aromatic carbocycles. The normalized spacial score (nSPS) is 25.6. The van der Waals surface area contributed by atoms with Gasteiger partial charge in [-0.3, -0.25) is 0 Å². The molecule has 2 atom stereocenters. The lowest BCUT2D eigenvalue weighted by Crippen LogP contribution is -2.36. The molecule has 0 radical (unpaired) electrons. The van der Waals surface area contributed by atoms with Gasteiger partial charge in [-0.25, -0.2) is 0 Å². The first-order chi connectivity index (χ1) is 8.91. The van der Waals surface area contributed by atoms with E-state index in [9.17, 15) is 0 Å². The van der Waals surface area contributed by atoms with Crippen molar-refractivity contribution in [2.75, 3.05) is 5.32 Å². The van der Waals surface area contributed by atoms with Crippen molar-refractivity contribution in [2.24, 2.45) is 11.3 Å². The first kappa shape index (κ1) is 14.4. The van der Waals surface area contributed by atoms with E-state index < -0.39 is 0 Å². The van der Waals surface area contributed by atoms with Crippen molar-refractivity contribution in [1.29, 1.82) is 5.26 Å². The molecule has 0 amide bonds. The Bertz CT molecular complexity index is 502. The Labute approximate surface area is 124 Å². The van der Waals surface area contributed by atoms with Crippen molar-refractivity contribution in [1.82, 2.24) is 0 Å². The van der Waals surface area contributed by atoms with Gasteiger partial charge in [-0.2, -0.15) is 5.26 Å². The summed E-state index contributed by atoms with van der Waals surface area (Å²) < 4.78 is 0.976. The molecule has 0 spiro atoms. The van der Waals surface area contributed by atoms with E-state index >= 15 is 0 Å². The molecule has 1 fully saturated rings. The Hall–Kier alpha value is -1.01. The summed E-state index contributed by atoms with van der Waals surface area (Å²) in [6.45, 7) is 7.05. The van der Waals surface area contributed by atoms with Gasteiger partial charge in [0.15, 0.2) is 0 Å². The Kier molecular flexibility index (Phi) is 4.20. The molecule has 0 bridgehead atoms. The fourth-order valence-corrected chi connectivity index (χ4v) is 3.56. The van der Waals surface area contributed by atoms with Gasteiger partial charge < -0.3 is 5.32 Å². The van der Waals surface area contributed by atoms with E-state index in [-0.39, 0.29) is 0 Å². The lowest BCUT2D eigenvalue weighted by Gasteiger charge is -2.40. The van der Waals surface area contributed by atoms with E-state index in [4.69, 9.17) is 5.26 Å². The summed E-state index contributed by atoms with van der Waals surface area (Å²) in [7, 11) is 0. The van der Waals surface area contributed by atoms with Crippen molar-refractivity contribution in [3.8, 4) is 6.07 Å². The van der Waals surface area contributed by atoms with Crippen molar-refractivity contribution in [3.63, 3.8) is 0 Å². The monoisotopic (exact) mass is 320 g/mol. The second kappa shape index (κ2) is 5.54. The number of rotatable bonds is 2. The minimum atomic E-state index is 0.472. The third-order valence-electron chi connectivity index (χ3n) is 4.13. The van der Waals surface area contributed by atoms with Gasteiger partial charge in [-0.15, -0.1) is 0 Å². The minimum Gasteiger partial charge on any atom is -0.381 e. The van der Waals surface area contributed by atoms with Crippen molar-refractivity contribution < 1.29 is 0 Å². The summed E-state index contributed by atoms with van der Waals surface area (Å²) >= 11 is 3.54. The first-order valence-corrected chi connectivity index (χ1v) is 7.67. The third-order valence-corrected chi connectivity index (χ3v) is 4.79. The topological polar surface area (TPSA) is 35.8 Å². The summed E-state index contributed by atoms with van der Waals surface area (Å²) in [6.07, 6.45) is 3.74. The SMILES string of the molecule is CC1CC(C)(C)CCC1Nc1ccc(C#N)cc1Br. The zero-order valence-electron chi connectivity index (χ0n) is 11.8. The highest BCUT2D eigenvalue weighted by atomic mass is 79.9. The van der Waals surface area contributed by atoms with Gasteiger partial charge in [0, 0.05) is 16.2 Å². The van der Waals surface area contributed by atoms with Crippen LogP contribution in [0.15, 0.2) is 22.7 Å². The van der Waals surface area contributed by atoms with Crippen LogP contribution >= 0.6 is 15.9 Å². The number of benzene rings is 1. The fourth-order valence-electron chi connectivity index (χ4n) is 3.06. The van der Waals surface area contributed by atoms with Gasteiger partial charge in [0.05, 0.1) is 11.6 Å². The zero-order valence-corrected chi connectivity index (χ0v) is 13.4. The molecule has 3 heteroatoms. The molecule has 19 heavy (non-hydrogen) atoms. The van der Waals surface area contributed by atoms with E-state index in [1.165, 1.54) is 19.3 Å². The second-order valence-electron chi connectivity index (χ2n) is 6.44. The van der Waals surface area contributed by atoms with Crippen molar-refractivity contribution in [2.45, 2.75) is 46.1 Å². The Morgan fingerprint density at radius 1 is 1.42 bits per heavy atom. The highest BCUT2D eigenvalue weighted by molar-refractivity contribution is 9.10. The fraction of sp³-hybridized carbons (Fsp3) is 0.562. The summed E-state index contributed by atoms with van der Waals surface area (Å²) in [5.41, 5.74) is 2.25. The molecule has 1 aromatic rings. The summed E-state index contributed by atoms with van der Waals surface area (Å²) in [4.78, 5) is 0. The molecule has 0 aliphatic heterocycles. The summed E-state index contributed by atoms with van der Waals surface area (Å²) in [6, 6.07) is 8.42. The average molecular weight is 321 g/mol. The zero-order chi connectivity index (χ0) is 14.0. The summed E-state index contributed by atoms with van der Waals surface area (Å²) in [5, 5.41) is 12.5. The molecule has 102 valence electrons. The van der Waals surface area contributed by atoms with E-state index in [2.05, 4.69) is 48.1 Å². The van der Waals surface area contributed by atoms with E-state index in [0.717, 1.165) is 10.2 Å². The van der Waals surface area contributed by atoms with Gasteiger partial charge in [0.1, 0.15) is 0 Å². The van der Waals surface area contributed by atoms with Gasteiger partial charge in [-0.1, -0.05) is 20.8 Å². The van der Waals surface area contributed by atoms with Crippen LogP contribution in [0.25, 0.3) is 0 Å². The number of halogens is 1. The van der Waals surface area contributed by atoms with Crippen LogP contribution in [-0.4, -0.2) is 6.04 Å². The summed E-state index contributed by atoms with van der Waals surface area (Å²) in [5.74, 6) is 0.672. The molecule has 1 N–H and O–H groups in total. The number of anilines is 1. The maximum atomic E-state index is 8.88. The van der Waals surface area contributed by atoms with Gasteiger partial charge in [0.2, 0.25) is 0 Å². The van der Waals surface area contributed by atoms with Gasteiger partial charge in [-0.05, 0) is 64.7 Å². The average Bonchev–Trinajstić information content (AvgIpc) is 2.34. The molecule has 0 saturated heterocycles. The van der Waals surface area contributed by atoms with Crippen LogP contribution < -0.4 is 5.32 Å². The number of nitrogens with zero attached hydrogens (tertiary/aromatic N) is 1. The van der Waals surface area contributed by atoms with Crippen LogP contribution in [0.5, 0.6) is 0 Å². The van der Waals surface area contributed by atoms with Crippen molar-refractivity contribution in [3.05, 3.63) is 28.2 Å². The molecular weight excluding hydrogens is 300 g/mol. The molecule has 2 unspecified atom stereocenters. The molecule has 2 rings (SSSR count). The van der Waals surface area contributed by atoms with E-state index in [1.54, 1.807) is 0 Å². The predicted molar refractivity (Wildman–Crippen MR) is 83.1 cm³/mol.